The Hall–Kier alpha value is -2.85. The zero-order valence-corrected chi connectivity index (χ0v) is 17.4. The van der Waals surface area contributed by atoms with Crippen LogP contribution < -0.4 is 10.6 Å². The standard InChI is InChI=1S/C18H31N3O8/c1-10(2)6-12(16(24)25)19-14(22)8-21(18(28)29-5)9-15(23)20-13(17(26)27)7-11(3)4/h10-13H,6-9H2,1-5H3,(H,19,22)(H,20,23)(H,24,25)(H,26,27). The van der Waals surface area contributed by atoms with E-state index in [1.807, 2.05) is 0 Å². The molecule has 0 rings (SSSR count). The highest BCUT2D eigenvalue weighted by molar-refractivity contribution is 5.90. The van der Waals surface area contributed by atoms with Crippen LogP contribution in [0.25, 0.3) is 0 Å². The normalized spacial score (nSPS) is 12.8. The second-order valence-electron chi connectivity index (χ2n) is 7.50. The molecule has 0 aromatic carbocycles. The first-order valence-corrected chi connectivity index (χ1v) is 9.24. The number of carboxylic acids is 2. The number of hydrogen-bond donors (Lipinski definition) is 4. The molecule has 0 saturated heterocycles. The van der Waals surface area contributed by atoms with Crippen LogP contribution in [0.4, 0.5) is 4.79 Å². The second-order valence-corrected chi connectivity index (χ2v) is 7.50. The van der Waals surface area contributed by atoms with Crippen LogP contribution in [-0.4, -0.2) is 77.2 Å². The van der Waals surface area contributed by atoms with Crippen LogP contribution >= 0.6 is 0 Å². The quantitative estimate of drug-likeness (QED) is 0.352. The van der Waals surface area contributed by atoms with Crippen molar-refractivity contribution in [2.24, 2.45) is 11.8 Å². The lowest BCUT2D eigenvalue weighted by Crippen LogP contribution is -2.51. The van der Waals surface area contributed by atoms with E-state index < -0.39 is 55.0 Å². The van der Waals surface area contributed by atoms with Crippen molar-refractivity contribution in [3.63, 3.8) is 0 Å². The summed E-state index contributed by atoms with van der Waals surface area (Å²) in [7, 11) is 1.06. The van der Waals surface area contributed by atoms with E-state index in [2.05, 4.69) is 15.4 Å². The van der Waals surface area contributed by atoms with Crippen LogP contribution in [0.15, 0.2) is 0 Å². The van der Waals surface area contributed by atoms with Crippen molar-refractivity contribution in [1.82, 2.24) is 15.5 Å². The SMILES string of the molecule is COC(=O)N(CC(=O)NC(CC(C)C)C(=O)O)CC(=O)NC(CC(C)C)C(=O)O. The fourth-order valence-electron chi connectivity index (χ4n) is 2.53. The van der Waals surface area contributed by atoms with Gasteiger partial charge < -0.3 is 25.6 Å². The van der Waals surface area contributed by atoms with Gasteiger partial charge in [-0.15, -0.1) is 0 Å². The fraction of sp³-hybridized carbons (Fsp3) is 0.722. The molecule has 0 aliphatic carbocycles. The predicted octanol–water partition coefficient (Wildman–Crippen LogP) is 0.286. The molecule has 0 fully saturated rings. The van der Waals surface area contributed by atoms with E-state index >= 15 is 0 Å². The highest BCUT2D eigenvalue weighted by atomic mass is 16.5. The summed E-state index contributed by atoms with van der Waals surface area (Å²) >= 11 is 0. The number of carbonyl (C=O) groups is 5. The topological polar surface area (TPSA) is 162 Å². The molecule has 11 heteroatoms. The number of hydrogen-bond acceptors (Lipinski definition) is 6. The van der Waals surface area contributed by atoms with Gasteiger partial charge in [0.25, 0.3) is 0 Å². The maximum absolute atomic E-state index is 12.2. The maximum Gasteiger partial charge on any atom is 0.410 e. The van der Waals surface area contributed by atoms with Gasteiger partial charge in [0.1, 0.15) is 25.2 Å². The van der Waals surface area contributed by atoms with Crippen molar-refractivity contribution in [1.29, 1.82) is 0 Å². The van der Waals surface area contributed by atoms with Gasteiger partial charge in [0, 0.05) is 0 Å². The molecule has 4 N–H and O–H groups in total. The molecule has 3 amide bonds. The molecule has 0 radical (unpaired) electrons. The van der Waals surface area contributed by atoms with Crippen molar-refractivity contribution in [2.45, 2.75) is 52.6 Å². The molecule has 166 valence electrons. The molecule has 29 heavy (non-hydrogen) atoms. The van der Waals surface area contributed by atoms with Gasteiger partial charge in [-0.1, -0.05) is 27.7 Å². The number of methoxy groups -OCH3 is 1. The highest BCUT2D eigenvalue weighted by Gasteiger charge is 2.27. The smallest absolute Gasteiger partial charge is 0.410 e. The third-order valence-corrected chi connectivity index (χ3v) is 3.78. The van der Waals surface area contributed by atoms with E-state index in [9.17, 15) is 34.2 Å². The van der Waals surface area contributed by atoms with Gasteiger partial charge in [-0.3, -0.25) is 14.5 Å². The largest absolute Gasteiger partial charge is 0.480 e. The van der Waals surface area contributed by atoms with Gasteiger partial charge in [0.2, 0.25) is 11.8 Å². The number of nitrogens with zero attached hydrogens (tertiary/aromatic N) is 1. The Kier molecular flexibility index (Phi) is 11.3. The highest BCUT2D eigenvalue weighted by Crippen LogP contribution is 2.06. The molecule has 0 aliphatic heterocycles. The lowest BCUT2D eigenvalue weighted by molar-refractivity contribution is -0.142. The molecule has 2 unspecified atom stereocenters. The van der Waals surface area contributed by atoms with Crippen LogP contribution in [0.1, 0.15) is 40.5 Å². The Morgan fingerprint density at radius 2 is 1.14 bits per heavy atom. The zero-order valence-electron chi connectivity index (χ0n) is 17.4. The number of rotatable bonds is 12. The van der Waals surface area contributed by atoms with Crippen LogP contribution in [-0.2, 0) is 23.9 Å². The predicted molar refractivity (Wildman–Crippen MR) is 102 cm³/mol. The number of ether oxygens (including phenoxy) is 1. The molecule has 0 bridgehead atoms. The van der Waals surface area contributed by atoms with E-state index in [1.54, 1.807) is 27.7 Å². The minimum Gasteiger partial charge on any atom is -0.480 e. The molecular formula is C18H31N3O8. The third-order valence-electron chi connectivity index (χ3n) is 3.78. The first-order valence-electron chi connectivity index (χ1n) is 9.24. The summed E-state index contributed by atoms with van der Waals surface area (Å²) in [5.41, 5.74) is 0. The molecule has 0 spiro atoms. The summed E-state index contributed by atoms with van der Waals surface area (Å²) in [6.07, 6.45) is -0.605. The molecule has 0 aromatic rings. The van der Waals surface area contributed by atoms with E-state index in [4.69, 9.17) is 0 Å². The molecule has 0 heterocycles. The van der Waals surface area contributed by atoms with Crippen LogP contribution in [0.2, 0.25) is 0 Å². The van der Waals surface area contributed by atoms with Crippen molar-refractivity contribution >= 4 is 29.8 Å². The summed E-state index contributed by atoms with van der Waals surface area (Å²) in [6.45, 7) is 5.94. The van der Waals surface area contributed by atoms with Gasteiger partial charge in [-0.25, -0.2) is 14.4 Å². The monoisotopic (exact) mass is 417 g/mol. The average Bonchev–Trinajstić information content (AvgIpc) is 2.58. The molecule has 11 nitrogen and oxygen atoms in total. The van der Waals surface area contributed by atoms with Crippen LogP contribution in [0.3, 0.4) is 0 Å². The number of nitrogens with one attached hydrogen (secondary N) is 2. The Labute approximate surface area is 169 Å². The average molecular weight is 417 g/mol. The Bertz CT molecular complexity index is 562. The molecule has 0 aromatic heterocycles. The first kappa shape index (κ1) is 26.1. The molecule has 0 saturated carbocycles. The molecule has 0 aliphatic rings. The van der Waals surface area contributed by atoms with Gasteiger partial charge >= 0.3 is 18.0 Å². The third kappa shape index (κ3) is 10.9. The summed E-state index contributed by atoms with van der Waals surface area (Å²) in [4.78, 5) is 59.5. The van der Waals surface area contributed by atoms with Crippen molar-refractivity contribution in [2.75, 3.05) is 20.2 Å². The van der Waals surface area contributed by atoms with E-state index in [1.165, 1.54) is 0 Å². The summed E-state index contributed by atoms with van der Waals surface area (Å²) < 4.78 is 4.54. The van der Waals surface area contributed by atoms with E-state index in [0.717, 1.165) is 12.0 Å². The Morgan fingerprint density at radius 3 is 1.38 bits per heavy atom. The minimum atomic E-state index is -1.22. The molecular weight excluding hydrogens is 386 g/mol. The maximum atomic E-state index is 12.2. The number of carboxylic acid groups (broad SMARTS) is 2. The fourth-order valence-corrected chi connectivity index (χ4v) is 2.53. The lowest BCUT2D eigenvalue weighted by Gasteiger charge is -2.23. The van der Waals surface area contributed by atoms with Crippen LogP contribution in [0, 0.1) is 11.8 Å². The Balaban J connectivity index is 5.06. The van der Waals surface area contributed by atoms with Crippen molar-refractivity contribution < 1.29 is 38.9 Å². The second kappa shape index (κ2) is 12.6. The van der Waals surface area contributed by atoms with Crippen molar-refractivity contribution in [3.05, 3.63) is 0 Å². The lowest BCUT2D eigenvalue weighted by atomic mass is 10.0. The number of carbonyl (C=O) groups excluding carboxylic acids is 3. The summed E-state index contributed by atoms with van der Waals surface area (Å²) in [6, 6.07) is -2.28. The van der Waals surface area contributed by atoms with Gasteiger partial charge in [0.05, 0.1) is 7.11 Å². The van der Waals surface area contributed by atoms with Crippen LogP contribution in [0.5, 0.6) is 0 Å². The summed E-state index contributed by atoms with van der Waals surface area (Å²) in [5.74, 6) is -3.98. The van der Waals surface area contributed by atoms with E-state index in [-0.39, 0.29) is 24.7 Å². The number of amides is 3. The zero-order chi connectivity index (χ0) is 22.7. The summed E-state index contributed by atoms with van der Waals surface area (Å²) in [5, 5.41) is 23.0. The van der Waals surface area contributed by atoms with Gasteiger partial charge in [0.15, 0.2) is 0 Å². The minimum absolute atomic E-state index is 0.00722. The van der Waals surface area contributed by atoms with Crippen molar-refractivity contribution in [3.8, 4) is 0 Å². The number of aliphatic carboxylic acids is 2. The van der Waals surface area contributed by atoms with E-state index in [0.29, 0.717) is 0 Å². The van der Waals surface area contributed by atoms with Gasteiger partial charge in [-0.2, -0.15) is 0 Å². The first-order chi connectivity index (χ1) is 13.4. The van der Waals surface area contributed by atoms with Gasteiger partial charge in [-0.05, 0) is 24.7 Å². The Morgan fingerprint density at radius 1 is 0.793 bits per heavy atom. The molecule has 2 atom stereocenters.